The fourth-order valence-corrected chi connectivity index (χ4v) is 6.13. The van der Waals surface area contributed by atoms with E-state index in [-0.39, 0.29) is 35.6 Å². The summed E-state index contributed by atoms with van der Waals surface area (Å²) in [6.45, 7) is 0.289. The standard InChI is InChI=1S/C26H26N6O6S/c33-15-27-19-10-6-9-18(28-19)20(30-38-17-7-2-3-8-17)23(34)29-21-24(35)32-22(26(36)37)16(14-39-25(21)32)13-31-11-4-1-5-12-31/h1,4-6,9-12,15,17,21,25H,2-3,7-8,13-14H2,(H2-,27,28,29,33,34,36,37)/t21?,25-/m0/s1. The summed E-state index contributed by atoms with van der Waals surface area (Å²) in [5.74, 6) is -2.15. The number of nitrogens with zero attached hydrogens (tertiary/aromatic N) is 4. The second kappa shape index (κ2) is 11.6. The molecule has 0 bridgehead atoms. The molecule has 1 unspecified atom stereocenters. The summed E-state index contributed by atoms with van der Waals surface area (Å²) in [6, 6.07) is 9.22. The van der Waals surface area contributed by atoms with Crippen molar-refractivity contribution in [1.82, 2.24) is 15.2 Å². The van der Waals surface area contributed by atoms with Gasteiger partial charge in [-0.05, 0) is 37.8 Å². The Balaban J connectivity index is 1.36. The summed E-state index contributed by atoms with van der Waals surface area (Å²) >= 11 is 1.36. The van der Waals surface area contributed by atoms with Gasteiger partial charge in [0.1, 0.15) is 29.0 Å². The maximum Gasteiger partial charge on any atom is 0.276 e. The van der Waals surface area contributed by atoms with E-state index in [4.69, 9.17) is 4.84 Å². The Labute approximate surface area is 228 Å². The average molecular weight is 551 g/mol. The van der Waals surface area contributed by atoms with Crippen LogP contribution in [0, 0.1) is 0 Å². The van der Waals surface area contributed by atoms with Gasteiger partial charge >= 0.3 is 0 Å². The number of anilines is 1. The van der Waals surface area contributed by atoms with Crippen molar-refractivity contribution in [3.8, 4) is 0 Å². The molecule has 1 saturated carbocycles. The van der Waals surface area contributed by atoms with E-state index in [0.717, 1.165) is 25.7 Å². The molecule has 0 radical (unpaired) electrons. The molecule has 202 valence electrons. The molecular formula is C26H26N6O6S. The van der Waals surface area contributed by atoms with Gasteiger partial charge < -0.3 is 25.4 Å². The first-order valence-electron chi connectivity index (χ1n) is 12.5. The first-order chi connectivity index (χ1) is 19.0. The summed E-state index contributed by atoms with van der Waals surface area (Å²) in [6.07, 6.45) is 7.58. The Bertz CT molecular complexity index is 1340. The first kappa shape index (κ1) is 26.4. The fourth-order valence-electron chi connectivity index (χ4n) is 4.80. The summed E-state index contributed by atoms with van der Waals surface area (Å²) in [4.78, 5) is 60.5. The predicted molar refractivity (Wildman–Crippen MR) is 137 cm³/mol. The Morgan fingerprint density at radius 1 is 1.21 bits per heavy atom. The molecule has 2 aliphatic heterocycles. The van der Waals surface area contributed by atoms with Crippen molar-refractivity contribution in [2.24, 2.45) is 5.16 Å². The molecule has 3 amide bonds. The van der Waals surface area contributed by atoms with Crippen LogP contribution in [-0.2, 0) is 30.6 Å². The van der Waals surface area contributed by atoms with Crippen LogP contribution in [0.1, 0.15) is 31.4 Å². The number of aliphatic carboxylic acids is 1. The molecule has 1 aliphatic carbocycles. The monoisotopic (exact) mass is 550 g/mol. The Morgan fingerprint density at radius 3 is 2.69 bits per heavy atom. The minimum Gasteiger partial charge on any atom is -0.543 e. The number of hydrogen-bond acceptors (Lipinski definition) is 9. The van der Waals surface area contributed by atoms with Crippen molar-refractivity contribution in [3.05, 3.63) is 65.8 Å². The van der Waals surface area contributed by atoms with E-state index in [1.165, 1.54) is 16.7 Å². The highest BCUT2D eigenvalue weighted by atomic mass is 32.2. The van der Waals surface area contributed by atoms with Crippen molar-refractivity contribution >= 4 is 47.5 Å². The highest BCUT2D eigenvalue weighted by Gasteiger charge is 2.53. The number of oxime groups is 1. The second-order valence-corrected chi connectivity index (χ2v) is 10.4. The van der Waals surface area contributed by atoms with Crippen molar-refractivity contribution in [2.45, 2.75) is 49.7 Å². The van der Waals surface area contributed by atoms with Crippen LogP contribution >= 0.6 is 11.8 Å². The van der Waals surface area contributed by atoms with E-state index < -0.39 is 29.2 Å². The van der Waals surface area contributed by atoms with E-state index in [9.17, 15) is 24.3 Å². The van der Waals surface area contributed by atoms with Gasteiger partial charge in [-0.2, -0.15) is 0 Å². The molecule has 2 aromatic heterocycles. The Kier molecular flexibility index (Phi) is 7.87. The van der Waals surface area contributed by atoms with Crippen molar-refractivity contribution < 1.29 is 33.7 Å². The topological polar surface area (TPSA) is 157 Å². The number of hydrogen-bond donors (Lipinski definition) is 2. The number of rotatable bonds is 10. The number of aromatic nitrogens is 2. The van der Waals surface area contributed by atoms with E-state index >= 15 is 0 Å². The molecule has 4 heterocycles. The van der Waals surface area contributed by atoms with Gasteiger partial charge in [0.15, 0.2) is 24.7 Å². The van der Waals surface area contributed by atoms with E-state index in [0.29, 0.717) is 17.7 Å². The van der Waals surface area contributed by atoms with Gasteiger partial charge in [0, 0.05) is 23.5 Å². The van der Waals surface area contributed by atoms with Gasteiger partial charge in [0.25, 0.3) is 11.8 Å². The lowest BCUT2D eigenvalue weighted by Crippen LogP contribution is -2.71. The minimum atomic E-state index is -1.44. The number of carboxylic acids is 1. The zero-order chi connectivity index (χ0) is 27.4. The smallest absolute Gasteiger partial charge is 0.276 e. The zero-order valence-electron chi connectivity index (χ0n) is 20.8. The maximum absolute atomic E-state index is 13.4. The Hall–Kier alpha value is -4.26. The van der Waals surface area contributed by atoms with Crippen LogP contribution in [0.5, 0.6) is 0 Å². The van der Waals surface area contributed by atoms with Gasteiger partial charge in [-0.3, -0.25) is 19.3 Å². The number of carbonyl (C=O) groups is 4. The molecule has 39 heavy (non-hydrogen) atoms. The minimum absolute atomic E-state index is 0.129. The molecule has 2 aromatic rings. The van der Waals surface area contributed by atoms with Crippen molar-refractivity contribution in [2.75, 3.05) is 11.1 Å². The molecule has 5 rings (SSSR count). The third kappa shape index (κ3) is 5.62. The number of carbonyl (C=O) groups excluding carboxylic acids is 4. The largest absolute Gasteiger partial charge is 0.543 e. The average Bonchev–Trinajstić information content (AvgIpc) is 3.46. The normalized spacial score (nSPS) is 21.2. The summed E-state index contributed by atoms with van der Waals surface area (Å²) in [5.41, 5.74) is 0.370. The lowest BCUT2D eigenvalue weighted by Gasteiger charge is -2.50. The van der Waals surface area contributed by atoms with Crippen LogP contribution in [0.2, 0.25) is 0 Å². The van der Waals surface area contributed by atoms with Gasteiger partial charge in [0.2, 0.25) is 6.41 Å². The van der Waals surface area contributed by atoms with Crippen LogP contribution in [0.15, 0.2) is 65.2 Å². The zero-order valence-corrected chi connectivity index (χ0v) is 21.6. The molecule has 0 spiro atoms. The number of pyridine rings is 2. The number of β-lactam (4-membered cyclic amide) rings is 1. The van der Waals surface area contributed by atoms with Crippen molar-refractivity contribution in [3.63, 3.8) is 0 Å². The quantitative estimate of drug-likeness (QED) is 0.134. The highest BCUT2D eigenvalue weighted by molar-refractivity contribution is 8.00. The first-order valence-corrected chi connectivity index (χ1v) is 13.6. The van der Waals surface area contributed by atoms with Crippen LogP contribution in [-0.4, -0.2) is 63.1 Å². The molecule has 2 N–H and O–H groups in total. The SMILES string of the molecule is O=CNc1cccc(C(=NOC2CCCC2)C(=O)NC2C(=O)N3C(C(=O)[O-])=C(C[n+]4ccccc4)CS[C@@H]23)n1. The third-order valence-electron chi connectivity index (χ3n) is 6.69. The van der Waals surface area contributed by atoms with Crippen molar-refractivity contribution in [1.29, 1.82) is 0 Å². The van der Waals surface area contributed by atoms with Gasteiger partial charge in [-0.25, -0.2) is 9.55 Å². The fraction of sp³-hybridized carbons (Fsp3) is 0.346. The summed E-state index contributed by atoms with van der Waals surface area (Å²) in [5, 5.41) is 20.7. The maximum atomic E-state index is 13.4. The number of nitrogens with one attached hydrogen (secondary N) is 2. The molecule has 12 nitrogen and oxygen atoms in total. The highest BCUT2D eigenvalue weighted by Crippen LogP contribution is 2.40. The van der Waals surface area contributed by atoms with Crippen LogP contribution in [0.3, 0.4) is 0 Å². The van der Waals surface area contributed by atoms with Crippen LogP contribution in [0.4, 0.5) is 5.82 Å². The number of carboxylic acid groups (broad SMARTS) is 1. The number of amides is 3. The third-order valence-corrected chi connectivity index (χ3v) is 8.03. The molecule has 3 aliphatic rings. The van der Waals surface area contributed by atoms with Crippen LogP contribution < -0.4 is 20.3 Å². The van der Waals surface area contributed by atoms with E-state index in [2.05, 4.69) is 20.8 Å². The lowest BCUT2D eigenvalue weighted by atomic mass is 10.0. The number of thioether (sulfide) groups is 1. The summed E-state index contributed by atoms with van der Waals surface area (Å²) in [7, 11) is 0. The molecule has 13 heteroatoms. The number of fused-ring (bicyclic) bond motifs is 1. The van der Waals surface area contributed by atoms with E-state index in [1.54, 1.807) is 30.6 Å². The predicted octanol–water partition coefficient (Wildman–Crippen LogP) is -0.295. The molecular weight excluding hydrogens is 524 g/mol. The van der Waals surface area contributed by atoms with E-state index in [1.807, 2.05) is 22.8 Å². The molecule has 2 atom stereocenters. The van der Waals surface area contributed by atoms with Crippen LogP contribution in [0.25, 0.3) is 0 Å². The van der Waals surface area contributed by atoms with Gasteiger partial charge in [-0.15, -0.1) is 11.8 Å². The lowest BCUT2D eigenvalue weighted by molar-refractivity contribution is -0.689. The second-order valence-electron chi connectivity index (χ2n) is 9.27. The van der Waals surface area contributed by atoms with Gasteiger partial charge in [-0.1, -0.05) is 17.3 Å². The molecule has 0 aromatic carbocycles. The molecule has 2 fully saturated rings. The Morgan fingerprint density at radius 2 is 1.97 bits per heavy atom. The van der Waals surface area contributed by atoms with Gasteiger partial charge in [0.05, 0.1) is 11.7 Å². The molecule has 1 saturated heterocycles. The summed E-state index contributed by atoms with van der Waals surface area (Å²) < 4.78 is 1.82.